The second-order valence-corrected chi connectivity index (χ2v) is 13.7. The van der Waals surface area contributed by atoms with Crippen LogP contribution < -0.4 is 0 Å². The number of hydrogen-bond acceptors (Lipinski definition) is 6. The van der Waals surface area contributed by atoms with Gasteiger partial charge in [0, 0.05) is 11.5 Å². The van der Waals surface area contributed by atoms with E-state index in [9.17, 15) is 4.79 Å². The number of benzene rings is 1. The summed E-state index contributed by atoms with van der Waals surface area (Å²) in [6.07, 6.45) is 3.92. The van der Waals surface area contributed by atoms with Crippen LogP contribution in [-0.2, 0) is 23.4 Å². The van der Waals surface area contributed by atoms with Crippen LogP contribution in [-0.4, -0.2) is 50.3 Å². The molecule has 6 nitrogen and oxygen atoms in total. The lowest BCUT2D eigenvalue weighted by atomic mass is 9.72. The van der Waals surface area contributed by atoms with Crippen molar-refractivity contribution in [3.63, 3.8) is 0 Å². The molecule has 1 aliphatic carbocycles. The van der Waals surface area contributed by atoms with Crippen molar-refractivity contribution in [2.75, 3.05) is 6.61 Å². The van der Waals surface area contributed by atoms with E-state index in [0.717, 1.165) is 5.56 Å². The van der Waals surface area contributed by atoms with E-state index in [2.05, 4.69) is 25.7 Å². The molecular weight excluding hydrogens is 386 g/mol. The molecule has 2 heterocycles. The van der Waals surface area contributed by atoms with E-state index >= 15 is 0 Å². The molecule has 7 heteroatoms. The minimum Gasteiger partial charge on any atom is -0.408 e. The Morgan fingerprint density at radius 2 is 1.90 bits per heavy atom. The third-order valence-corrected chi connectivity index (χ3v) is 6.44. The first-order chi connectivity index (χ1) is 13.6. The normalized spacial score (nSPS) is 33.8. The zero-order valence-electron chi connectivity index (χ0n) is 17.7. The second kappa shape index (κ2) is 7.16. The second-order valence-electron chi connectivity index (χ2n) is 9.29. The van der Waals surface area contributed by atoms with Gasteiger partial charge in [-0.05, 0) is 52.0 Å². The summed E-state index contributed by atoms with van der Waals surface area (Å²) in [6, 6.07) is 9.52. The number of ether oxygens (including phenoxy) is 3. The van der Waals surface area contributed by atoms with Crippen molar-refractivity contribution in [3.8, 4) is 0 Å². The number of carbonyl (C=O) groups excluding carboxylic acids is 1. The highest BCUT2D eigenvalue weighted by Gasteiger charge is 2.62. The third-order valence-electron chi connectivity index (χ3n) is 5.48. The third kappa shape index (κ3) is 3.84. The number of aliphatic imine (C=N–C) groups is 1. The van der Waals surface area contributed by atoms with E-state index in [0.29, 0.717) is 18.9 Å². The molecule has 1 fully saturated rings. The minimum atomic E-state index is -1.97. The van der Waals surface area contributed by atoms with Crippen molar-refractivity contribution < 1.29 is 23.4 Å². The number of carbonyl (C=O) groups is 1. The summed E-state index contributed by atoms with van der Waals surface area (Å²) in [5.74, 6) is -0.943. The molecule has 4 rings (SSSR count). The Bertz CT molecular complexity index is 845. The maximum absolute atomic E-state index is 13.4. The molecular formula is C22H29NO5Si. The van der Waals surface area contributed by atoms with E-state index in [4.69, 9.17) is 23.6 Å². The van der Waals surface area contributed by atoms with Gasteiger partial charge in [-0.15, -0.1) is 0 Å². The first-order valence-electron chi connectivity index (χ1n) is 10.1. The van der Waals surface area contributed by atoms with Gasteiger partial charge in [-0.25, -0.2) is 9.79 Å². The maximum Gasteiger partial charge on any atom is 0.344 e. The summed E-state index contributed by atoms with van der Waals surface area (Å²) < 4.78 is 24.2. The summed E-state index contributed by atoms with van der Waals surface area (Å²) in [7, 11) is -1.97. The Hall–Kier alpha value is -1.80. The zero-order valence-corrected chi connectivity index (χ0v) is 18.7. The maximum atomic E-state index is 13.4. The van der Waals surface area contributed by atoms with Crippen LogP contribution in [0.25, 0.3) is 0 Å². The Labute approximate surface area is 173 Å². The summed E-state index contributed by atoms with van der Waals surface area (Å²) in [5, 5.41) is 0. The van der Waals surface area contributed by atoms with Crippen LogP contribution >= 0.6 is 0 Å². The number of nitrogens with zero attached hydrogens (tertiary/aromatic N) is 1. The molecule has 1 aromatic rings. The highest BCUT2D eigenvalue weighted by molar-refractivity contribution is 6.69. The van der Waals surface area contributed by atoms with Gasteiger partial charge in [0.05, 0.1) is 12.7 Å². The molecule has 1 spiro atoms. The van der Waals surface area contributed by atoms with Gasteiger partial charge in [0.2, 0.25) is 5.90 Å². The first kappa shape index (κ1) is 20.5. The Balaban J connectivity index is 1.79. The Morgan fingerprint density at radius 3 is 2.52 bits per heavy atom. The summed E-state index contributed by atoms with van der Waals surface area (Å²) in [6.45, 7) is 10.5. The highest BCUT2D eigenvalue weighted by atomic mass is 28.4. The molecule has 0 amide bonds. The fourth-order valence-corrected chi connectivity index (χ4v) is 5.29. The van der Waals surface area contributed by atoms with Crippen LogP contribution in [0.4, 0.5) is 0 Å². The molecule has 4 atom stereocenters. The van der Waals surface area contributed by atoms with E-state index in [1.54, 1.807) is 0 Å². The average molecular weight is 416 g/mol. The number of hydrogen-bond donors (Lipinski definition) is 0. The topological polar surface area (TPSA) is 66.3 Å². The van der Waals surface area contributed by atoms with Crippen molar-refractivity contribution in [2.24, 2.45) is 10.9 Å². The van der Waals surface area contributed by atoms with Gasteiger partial charge in [0.25, 0.3) is 0 Å². The van der Waals surface area contributed by atoms with E-state index in [1.165, 1.54) is 0 Å². The van der Waals surface area contributed by atoms with Crippen LogP contribution in [0.1, 0.15) is 25.8 Å². The standard InChI is InChI=1S/C22H29NO5Si/c1-21(2)25-14-17(27-21)16-12-9-13-18(28-29(3,4)5)22(16)20(24)26-19(23-22)15-10-7-6-8-11-15/h6-11,13,16-18H,12,14H2,1-5H3/t16-,17+,18+,22+/m0/s1. The smallest absolute Gasteiger partial charge is 0.344 e. The number of allylic oxidation sites excluding steroid dienone is 1. The van der Waals surface area contributed by atoms with E-state index in [-0.39, 0.29) is 18.0 Å². The predicted octanol–water partition coefficient (Wildman–Crippen LogP) is 3.68. The van der Waals surface area contributed by atoms with Gasteiger partial charge >= 0.3 is 5.97 Å². The molecule has 0 radical (unpaired) electrons. The van der Waals surface area contributed by atoms with E-state index in [1.807, 2.05) is 50.3 Å². The lowest BCUT2D eigenvalue weighted by Crippen LogP contribution is -2.59. The first-order valence-corrected chi connectivity index (χ1v) is 13.6. The Kier molecular flexibility index (Phi) is 5.05. The van der Waals surface area contributed by atoms with Crippen molar-refractivity contribution in [1.29, 1.82) is 0 Å². The zero-order chi connectivity index (χ0) is 20.9. The highest BCUT2D eigenvalue weighted by Crippen LogP contribution is 2.46. The number of cyclic esters (lactones) is 1. The fraction of sp³-hybridized carbons (Fsp3) is 0.545. The fourth-order valence-electron chi connectivity index (χ4n) is 4.27. The van der Waals surface area contributed by atoms with Crippen molar-refractivity contribution in [2.45, 2.75) is 63.4 Å². The van der Waals surface area contributed by atoms with Gasteiger partial charge in [-0.2, -0.15) is 0 Å². The number of esters is 1. The monoisotopic (exact) mass is 415 g/mol. The molecule has 0 saturated carbocycles. The van der Waals surface area contributed by atoms with Crippen LogP contribution in [0.2, 0.25) is 19.6 Å². The van der Waals surface area contributed by atoms with Gasteiger partial charge in [0.15, 0.2) is 19.6 Å². The van der Waals surface area contributed by atoms with Gasteiger partial charge in [-0.3, -0.25) is 0 Å². The van der Waals surface area contributed by atoms with Gasteiger partial charge < -0.3 is 18.6 Å². The van der Waals surface area contributed by atoms with Crippen molar-refractivity contribution in [1.82, 2.24) is 0 Å². The van der Waals surface area contributed by atoms with Crippen LogP contribution in [0.3, 0.4) is 0 Å². The molecule has 1 aromatic carbocycles. The molecule has 1 saturated heterocycles. The molecule has 2 aliphatic heterocycles. The average Bonchev–Trinajstić information content (AvgIpc) is 3.17. The molecule has 0 unspecified atom stereocenters. The lowest BCUT2D eigenvalue weighted by Gasteiger charge is -2.43. The summed E-state index contributed by atoms with van der Waals surface area (Å²) in [4.78, 5) is 18.4. The summed E-state index contributed by atoms with van der Waals surface area (Å²) in [5.41, 5.74) is -0.393. The molecule has 156 valence electrons. The molecule has 0 bridgehead atoms. The molecule has 0 N–H and O–H groups in total. The van der Waals surface area contributed by atoms with Crippen molar-refractivity contribution >= 4 is 20.2 Å². The molecule has 0 aromatic heterocycles. The predicted molar refractivity (Wildman–Crippen MR) is 112 cm³/mol. The van der Waals surface area contributed by atoms with Gasteiger partial charge in [0.1, 0.15) is 6.10 Å². The Morgan fingerprint density at radius 1 is 1.17 bits per heavy atom. The van der Waals surface area contributed by atoms with Crippen LogP contribution in [0.15, 0.2) is 47.5 Å². The van der Waals surface area contributed by atoms with Crippen LogP contribution in [0, 0.1) is 5.92 Å². The van der Waals surface area contributed by atoms with Crippen LogP contribution in [0.5, 0.6) is 0 Å². The van der Waals surface area contributed by atoms with Crippen molar-refractivity contribution in [3.05, 3.63) is 48.0 Å². The van der Waals surface area contributed by atoms with E-state index < -0.39 is 25.7 Å². The summed E-state index contributed by atoms with van der Waals surface area (Å²) >= 11 is 0. The SMILES string of the molecule is CC1(C)OC[C@H]([C@@H]2CC=C[C@@H](O[Si](C)(C)C)[C@]23N=C(c2ccccc2)OC3=O)O1. The quantitative estimate of drug-likeness (QED) is 0.426. The largest absolute Gasteiger partial charge is 0.408 e. The molecule has 29 heavy (non-hydrogen) atoms. The number of rotatable bonds is 4. The lowest BCUT2D eigenvalue weighted by molar-refractivity contribution is -0.160. The molecule has 3 aliphatic rings. The van der Waals surface area contributed by atoms with Gasteiger partial charge in [-0.1, -0.05) is 30.4 Å². The minimum absolute atomic E-state index is 0.232.